The Morgan fingerprint density at radius 2 is 1.70 bits per heavy atom. The summed E-state index contributed by atoms with van der Waals surface area (Å²) in [5.41, 5.74) is 8.29. The standard InChI is InChI=1S/C22H17N5O3/c23-21(30)16-5-2-4-15(10-16)19-7-8-20(29)27(26-19)13-14-3-1-6-17(9-14)22-24-11-18(28)12-25-22/h1-12,28H,13H2,(H2,23,30). The van der Waals surface area contributed by atoms with Gasteiger partial charge in [0.15, 0.2) is 11.6 Å². The van der Waals surface area contributed by atoms with Gasteiger partial charge in [0.05, 0.1) is 24.6 Å². The quantitative estimate of drug-likeness (QED) is 0.530. The van der Waals surface area contributed by atoms with E-state index in [4.69, 9.17) is 5.73 Å². The molecule has 0 atom stereocenters. The lowest BCUT2D eigenvalue weighted by Gasteiger charge is -2.09. The van der Waals surface area contributed by atoms with Crippen molar-refractivity contribution in [1.82, 2.24) is 19.7 Å². The molecule has 0 aliphatic rings. The highest BCUT2D eigenvalue weighted by molar-refractivity contribution is 5.93. The molecule has 0 radical (unpaired) electrons. The summed E-state index contributed by atoms with van der Waals surface area (Å²) >= 11 is 0. The first kappa shape index (κ1) is 19.0. The molecule has 8 heteroatoms. The minimum Gasteiger partial charge on any atom is -0.505 e. The summed E-state index contributed by atoms with van der Waals surface area (Å²) in [5, 5.41) is 13.8. The first-order valence-corrected chi connectivity index (χ1v) is 9.08. The van der Waals surface area contributed by atoms with Crippen LogP contribution in [0.2, 0.25) is 0 Å². The monoisotopic (exact) mass is 399 g/mol. The molecule has 0 fully saturated rings. The summed E-state index contributed by atoms with van der Waals surface area (Å²) in [4.78, 5) is 32.0. The number of nitrogens with two attached hydrogens (primary N) is 1. The molecule has 0 aliphatic heterocycles. The van der Waals surface area contributed by atoms with Gasteiger partial charge in [-0.25, -0.2) is 14.6 Å². The number of hydrogen-bond acceptors (Lipinski definition) is 6. The van der Waals surface area contributed by atoms with E-state index in [9.17, 15) is 14.7 Å². The zero-order valence-electron chi connectivity index (χ0n) is 15.8. The van der Waals surface area contributed by atoms with Crippen LogP contribution in [0.25, 0.3) is 22.6 Å². The third-order valence-corrected chi connectivity index (χ3v) is 4.47. The highest BCUT2D eigenvalue weighted by atomic mass is 16.3. The van der Waals surface area contributed by atoms with Crippen molar-refractivity contribution >= 4 is 5.91 Å². The van der Waals surface area contributed by atoms with E-state index in [1.54, 1.807) is 30.3 Å². The van der Waals surface area contributed by atoms with Gasteiger partial charge in [0, 0.05) is 22.8 Å². The van der Waals surface area contributed by atoms with E-state index >= 15 is 0 Å². The lowest BCUT2D eigenvalue weighted by atomic mass is 10.1. The molecule has 1 amide bonds. The summed E-state index contributed by atoms with van der Waals surface area (Å²) in [6.45, 7) is 0.244. The maximum Gasteiger partial charge on any atom is 0.267 e. The molecule has 0 saturated carbocycles. The van der Waals surface area contributed by atoms with E-state index in [2.05, 4.69) is 15.1 Å². The smallest absolute Gasteiger partial charge is 0.267 e. The Bertz CT molecular complexity index is 1280. The first-order chi connectivity index (χ1) is 14.5. The van der Waals surface area contributed by atoms with Crippen LogP contribution in [0.5, 0.6) is 5.75 Å². The predicted octanol–water partition coefficient (Wildman–Crippen LogP) is 2.22. The van der Waals surface area contributed by atoms with Crippen LogP contribution in [-0.2, 0) is 6.54 Å². The Morgan fingerprint density at radius 1 is 0.967 bits per heavy atom. The number of aromatic nitrogens is 4. The van der Waals surface area contributed by atoms with E-state index < -0.39 is 5.91 Å². The Labute approximate surface area is 171 Å². The van der Waals surface area contributed by atoms with Gasteiger partial charge in [0.1, 0.15) is 0 Å². The Morgan fingerprint density at radius 3 is 2.47 bits per heavy atom. The molecule has 0 spiro atoms. The van der Waals surface area contributed by atoms with Gasteiger partial charge < -0.3 is 10.8 Å². The van der Waals surface area contributed by atoms with Crippen molar-refractivity contribution in [2.45, 2.75) is 6.54 Å². The van der Waals surface area contributed by atoms with Gasteiger partial charge in [-0.15, -0.1) is 0 Å². The molecule has 30 heavy (non-hydrogen) atoms. The lowest BCUT2D eigenvalue weighted by molar-refractivity contribution is 0.100. The molecule has 8 nitrogen and oxygen atoms in total. The van der Waals surface area contributed by atoms with Crippen LogP contribution in [0, 0.1) is 0 Å². The van der Waals surface area contributed by atoms with Crippen molar-refractivity contribution in [3.8, 4) is 28.4 Å². The maximum absolute atomic E-state index is 12.3. The number of benzene rings is 2. The summed E-state index contributed by atoms with van der Waals surface area (Å²) in [5.74, 6) is -0.0757. The fraction of sp³-hybridized carbons (Fsp3) is 0.0455. The van der Waals surface area contributed by atoms with Crippen molar-refractivity contribution in [3.05, 3.63) is 94.5 Å². The third-order valence-electron chi connectivity index (χ3n) is 4.47. The van der Waals surface area contributed by atoms with Gasteiger partial charge >= 0.3 is 0 Å². The van der Waals surface area contributed by atoms with E-state index in [0.29, 0.717) is 22.6 Å². The van der Waals surface area contributed by atoms with Crippen LogP contribution < -0.4 is 11.3 Å². The molecular weight excluding hydrogens is 382 g/mol. The number of aromatic hydroxyl groups is 1. The van der Waals surface area contributed by atoms with Gasteiger partial charge in [-0.3, -0.25) is 9.59 Å². The molecule has 0 saturated heterocycles. The third kappa shape index (κ3) is 4.07. The zero-order valence-corrected chi connectivity index (χ0v) is 15.8. The molecule has 148 valence electrons. The van der Waals surface area contributed by atoms with Crippen molar-refractivity contribution < 1.29 is 9.90 Å². The first-order valence-electron chi connectivity index (χ1n) is 9.08. The number of nitrogens with zero attached hydrogens (tertiary/aromatic N) is 4. The van der Waals surface area contributed by atoms with E-state index in [1.165, 1.54) is 23.1 Å². The molecule has 0 aliphatic carbocycles. The highest BCUT2D eigenvalue weighted by Crippen LogP contribution is 2.19. The van der Waals surface area contributed by atoms with Gasteiger partial charge in [-0.05, 0) is 29.8 Å². The fourth-order valence-corrected chi connectivity index (χ4v) is 3.00. The van der Waals surface area contributed by atoms with E-state index in [0.717, 1.165) is 11.1 Å². The molecular formula is C22H17N5O3. The number of amides is 1. The molecule has 4 rings (SSSR count). The minimum absolute atomic E-state index is 0.0112. The second-order valence-corrected chi connectivity index (χ2v) is 6.62. The van der Waals surface area contributed by atoms with Crippen LogP contribution in [0.1, 0.15) is 15.9 Å². The van der Waals surface area contributed by atoms with Crippen LogP contribution in [0.15, 0.2) is 77.9 Å². The normalized spacial score (nSPS) is 10.7. The van der Waals surface area contributed by atoms with Crippen molar-refractivity contribution in [2.75, 3.05) is 0 Å². The number of primary amides is 1. The number of rotatable bonds is 5. The van der Waals surface area contributed by atoms with E-state index in [-0.39, 0.29) is 17.9 Å². The zero-order chi connectivity index (χ0) is 21.1. The van der Waals surface area contributed by atoms with Crippen LogP contribution in [-0.4, -0.2) is 30.8 Å². The number of carbonyl (C=O) groups excluding carboxylic acids is 1. The Hall–Kier alpha value is -4.33. The number of carbonyl (C=O) groups is 1. The largest absolute Gasteiger partial charge is 0.505 e. The summed E-state index contributed by atoms with van der Waals surface area (Å²) < 4.78 is 1.35. The van der Waals surface area contributed by atoms with Gasteiger partial charge in [0.2, 0.25) is 5.91 Å². The Balaban J connectivity index is 1.66. The molecule has 3 N–H and O–H groups in total. The number of hydrogen-bond donors (Lipinski definition) is 2. The molecule has 4 aromatic rings. The predicted molar refractivity (Wildman–Crippen MR) is 111 cm³/mol. The van der Waals surface area contributed by atoms with Crippen molar-refractivity contribution in [2.24, 2.45) is 5.73 Å². The van der Waals surface area contributed by atoms with Gasteiger partial charge in [0.25, 0.3) is 5.56 Å². The van der Waals surface area contributed by atoms with Crippen LogP contribution >= 0.6 is 0 Å². The molecule has 0 bridgehead atoms. The molecule has 2 aromatic heterocycles. The average Bonchev–Trinajstić information content (AvgIpc) is 2.76. The van der Waals surface area contributed by atoms with Crippen LogP contribution in [0.4, 0.5) is 0 Å². The van der Waals surface area contributed by atoms with Gasteiger partial charge in [-0.2, -0.15) is 5.10 Å². The second-order valence-electron chi connectivity index (χ2n) is 6.62. The topological polar surface area (TPSA) is 124 Å². The van der Waals surface area contributed by atoms with Crippen molar-refractivity contribution in [3.63, 3.8) is 0 Å². The Kier molecular flexibility index (Phi) is 5.04. The summed E-state index contributed by atoms with van der Waals surface area (Å²) in [7, 11) is 0. The van der Waals surface area contributed by atoms with Crippen LogP contribution in [0.3, 0.4) is 0 Å². The SMILES string of the molecule is NC(=O)c1cccc(-c2ccc(=O)n(Cc3cccc(-c4ncc(O)cn4)c3)n2)c1. The highest BCUT2D eigenvalue weighted by Gasteiger charge is 2.08. The summed E-state index contributed by atoms with van der Waals surface area (Å²) in [6.07, 6.45) is 2.65. The van der Waals surface area contributed by atoms with E-state index in [1.807, 2.05) is 24.3 Å². The molecule has 2 aromatic carbocycles. The van der Waals surface area contributed by atoms with Crippen molar-refractivity contribution in [1.29, 1.82) is 0 Å². The summed E-state index contributed by atoms with van der Waals surface area (Å²) in [6, 6.07) is 17.2. The minimum atomic E-state index is -0.529. The fourth-order valence-electron chi connectivity index (χ4n) is 3.00. The maximum atomic E-state index is 12.3. The average molecular weight is 399 g/mol. The van der Waals surface area contributed by atoms with Gasteiger partial charge in [-0.1, -0.05) is 30.3 Å². The molecule has 2 heterocycles. The second kappa shape index (κ2) is 7.96. The lowest BCUT2D eigenvalue weighted by Crippen LogP contribution is -2.22. The molecule has 0 unspecified atom stereocenters.